The van der Waals surface area contributed by atoms with E-state index in [1.54, 1.807) is 24.7 Å². The van der Waals surface area contributed by atoms with E-state index in [1.807, 2.05) is 30.3 Å². The molecule has 4 aromatic rings. The smallest absolute Gasteiger partial charge is 0.230 e. The summed E-state index contributed by atoms with van der Waals surface area (Å²) in [5.74, 6) is 3.47. The number of rotatable bonds is 9. The highest BCUT2D eigenvalue weighted by atomic mass is 16.5. The van der Waals surface area contributed by atoms with E-state index in [1.165, 1.54) is 5.56 Å². The second-order valence-electron chi connectivity index (χ2n) is 10.3. The molecule has 41 heavy (non-hydrogen) atoms. The number of nitrogens with one attached hydrogen (secondary N) is 1. The number of aromatic nitrogens is 6. The first kappa shape index (κ1) is 26.8. The summed E-state index contributed by atoms with van der Waals surface area (Å²) in [4.78, 5) is 32.5. The molecule has 1 N–H and O–H groups in total. The number of anilines is 4. The van der Waals surface area contributed by atoms with E-state index in [-0.39, 0.29) is 6.04 Å². The Labute approximate surface area is 240 Å². The second kappa shape index (κ2) is 12.4. The van der Waals surface area contributed by atoms with Crippen molar-refractivity contribution in [3.05, 3.63) is 66.2 Å². The van der Waals surface area contributed by atoms with Crippen molar-refractivity contribution in [2.24, 2.45) is 0 Å². The van der Waals surface area contributed by atoms with Crippen molar-refractivity contribution < 1.29 is 9.47 Å². The molecular formula is C30H35N9O2. The normalized spacial score (nSPS) is 16.8. The van der Waals surface area contributed by atoms with Gasteiger partial charge >= 0.3 is 0 Å². The number of unbranched alkanes of at least 4 members (excludes halogenated alkanes) is 1. The Morgan fingerprint density at radius 2 is 1.85 bits per heavy atom. The molecule has 1 saturated heterocycles. The van der Waals surface area contributed by atoms with Gasteiger partial charge in [0.05, 0.1) is 38.1 Å². The number of nitrogens with zero attached hydrogens (tertiary/aromatic N) is 8. The highest BCUT2D eigenvalue weighted by molar-refractivity contribution is 5.65. The minimum absolute atomic E-state index is 0.236. The highest BCUT2D eigenvalue weighted by Gasteiger charge is 2.29. The molecule has 0 spiro atoms. The van der Waals surface area contributed by atoms with Crippen LogP contribution >= 0.6 is 0 Å². The third-order valence-corrected chi connectivity index (χ3v) is 7.30. The van der Waals surface area contributed by atoms with Crippen LogP contribution in [0, 0.1) is 0 Å². The third kappa shape index (κ3) is 6.19. The molecule has 0 aliphatic carbocycles. The Balaban J connectivity index is 1.27. The van der Waals surface area contributed by atoms with Gasteiger partial charge in [-0.05, 0) is 50.1 Å². The van der Waals surface area contributed by atoms with Crippen LogP contribution in [0.25, 0.3) is 11.4 Å². The minimum Gasteiger partial charge on any atom is -0.478 e. The second-order valence-corrected chi connectivity index (χ2v) is 10.3. The number of hydrogen-bond donors (Lipinski definition) is 1. The molecule has 2 aliphatic heterocycles. The fourth-order valence-electron chi connectivity index (χ4n) is 5.08. The lowest BCUT2D eigenvalue weighted by Gasteiger charge is -2.37. The van der Waals surface area contributed by atoms with Crippen LogP contribution < -0.4 is 19.9 Å². The van der Waals surface area contributed by atoms with Gasteiger partial charge in [0.2, 0.25) is 17.8 Å². The Hall–Kier alpha value is -4.38. The molecule has 0 unspecified atom stereocenters. The van der Waals surface area contributed by atoms with E-state index in [0.717, 1.165) is 61.1 Å². The Morgan fingerprint density at radius 1 is 1.00 bits per heavy atom. The standard InChI is InChI=1S/C30H35N9O2/c1-3-4-17-41-26-10-14-31-29(36-26)34-23-8-6-22(7-9-23)27-35-25-19-38(30-32-12-5-13-33-30)15-11-24(25)28(37-27)39-16-18-40-20-21(39)2/h5-10,12-14,21H,3-4,11,15-20H2,1-2H3,(H,31,34,36)/t21-/m0/s1. The summed E-state index contributed by atoms with van der Waals surface area (Å²) >= 11 is 0. The molecule has 11 nitrogen and oxygen atoms in total. The molecule has 6 rings (SSSR count). The fourth-order valence-corrected chi connectivity index (χ4v) is 5.08. The lowest BCUT2D eigenvalue weighted by Crippen LogP contribution is -2.45. The molecule has 0 amide bonds. The predicted molar refractivity (Wildman–Crippen MR) is 158 cm³/mol. The molecule has 1 atom stereocenters. The average molecular weight is 554 g/mol. The number of ether oxygens (including phenoxy) is 2. The third-order valence-electron chi connectivity index (χ3n) is 7.30. The van der Waals surface area contributed by atoms with E-state index >= 15 is 0 Å². The van der Waals surface area contributed by atoms with Gasteiger partial charge in [0.25, 0.3) is 0 Å². The van der Waals surface area contributed by atoms with Gasteiger partial charge in [-0.1, -0.05) is 13.3 Å². The van der Waals surface area contributed by atoms with E-state index in [9.17, 15) is 0 Å². The first-order chi connectivity index (χ1) is 20.2. The predicted octanol–water partition coefficient (Wildman–Crippen LogP) is 4.43. The number of benzene rings is 1. The van der Waals surface area contributed by atoms with E-state index < -0.39 is 0 Å². The highest BCUT2D eigenvalue weighted by Crippen LogP contribution is 2.32. The first-order valence-corrected chi connectivity index (χ1v) is 14.3. The van der Waals surface area contributed by atoms with Crippen molar-refractivity contribution >= 4 is 23.4 Å². The molecule has 1 fully saturated rings. The summed E-state index contributed by atoms with van der Waals surface area (Å²) in [7, 11) is 0. The van der Waals surface area contributed by atoms with Crippen LogP contribution in [0.15, 0.2) is 55.0 Å². The van der Waals surface area contributed by atoms with Gasteiger partial charge in [-0.25, -0.2) is 24.9 Å². The summed E-state index contributed by atoms with van der Waals surface area (Å²) in [5.41, 5.74) is 4.02. The first-order valence-electron chi connectivity index (χ1n) is 14.3. The zero-order valence-electron chi connectivity index (χ0n) is 23.5. The summed E-state index contributed by atoms with van der Waals surface area (Å²) in [5, 5.41) is 3.27. The maximum atomic E-state index is 5.73. The van der Waals surface area contributed by atoms with Crippen LogP contribution in [0.2, 0.25) is 0 Å². The van der Waals surface area contributed by atoms with E-state index in [4.69, 9.17) is 19.4 Å². The zero-order valence-corrected chi connectivity index (χ0v) is 23.5. The van der Waals surface area contributed by atoms with Crippen molar-refractivity contribution in [3.63, 3.8) is 0 Å². The zero-order chi connectivity index (χ0) is 28.0. The van der Waals surface area contributed by atoms with Crippen LogP contribution in [-0.2, 0) is 17.7 Å². The summed E-state index contributed by atoms with van der Waals surface area (Å²) in [6.45, 7) is 8.59. The number of hydrogen-bond acceptors (Lipinski definition) is 11. The number of fused-ring (bicyclic) bond motifs is 1. The fraction of sp³-hybridized carbons (Fsp3) is 0.400. The monoisotopic (exact) mass is 553 g/mol. The van der Waals surface area contributed by atoms with Gasteiger partial charge in [-0.15, -0.1) is 0 Å². The van der Waals surface area contributed by atoms with Gasteiger partial charge in [0, 0.05) is 54.6 Å². The van der Waals surface area contributed by atoms with Gasteiger partial charge < -0.3 is 24.6 Å². The number of morpholine rings is 1. The van der Waals surface area contributed by atoms with Crippen molar-refractivity contribution in [3.8, 4) is 17.3 Å². The average Bonchev–Trinajstić information content (AvgIpc) is 3.02. The molecule has 0 bridgehead atoms. The lowest BCUT2D eigenvalue weighted by atomic mass is 10.0. The minimum atomic E-state index is 0.236. The molecular weight excluding hydrogens is 518 g/mol. The molecule has 5 heterocycles. The Morgan fingerprint density at radius 3 is 2.66 bits per heavy atom. The quantitative estimate of drug-likeness (QED) is 0.297. The molecule has 1 aromatic carbocycles. The maximum absolute atomic E-state index is 5.73. The van der Waals surface area contributed by atoms with Crippen LogP contribution in [-0.4, -0.2) is 68.9 Å². The van der Waals surface area contributed by atoms with Gasteiger partial charge in [-0.2, -0.15) is 4.98 Å². The Kier molecular flexibility index (Phi) is 8.13. The van der Waals surface area contributed by atoms with Crippen LogP contribution in [0.3, 0.4) is 0 Å². The molecule has 3 aromatic heterocycles. The van der Waals surface area contributed by atoms with Crippen LogP contribution in [0.5, 0.6) is 5.88 Å². The lowest BCUT2D eigenvalue weighted by molar-refractivity contribution is 0.0984. The van der Waals surface area contributed by atoms with Crippen LogP contribution in [0.4, 0.5) is 23.4 Å². The van der Waals surface area contributed by atoms with Crippen molar-refractivity contribution in [1.82, 2.24) is 29.9 Å². The largest absolute Gasteiger partial charge is 0.478 e. The van der Waals surface area contributed by atoms with Crippen molar-refractivity contribution in [1.29, 1.82) is 0 Å². The summed E-state index contributed by atoms with van der Waals surface area (Å²) in [6, 6.07) is 11.9. The summed E-state index contributed by atoms with van der Waals surface area (Å²) < 4.78 is 11.4. The van der Waals surface area contributed by atoms with Crippen molar-refractivity contribution in [2.75, 3.05) is 48.0 Å². The molecule has 212 valence electrons. The molecule has 0 saturated carbocycles. The maximum Gasteiger partial charge on any atom is 0.230 e. The topological polar surface area (TPSA) is 114 Å². The Bertz CT molecular complexity index is 1450. The van der Waals surface area contributed by atoms with Gasteiger partial charge in [0.1, 0.15) is 5.82 Å². The SMILES string of the molecule is CCCCOc1ccnc(Nc2ccc(-c3nc4c(c(N5CCOC[C@@H]5C)n3)CCN(c3ncccn3)C4)cc2)n1. The van der Waals surface area contributed by atoms with Gasteiger partial charge in [-0.3, -0.25) is 0 Å². The molecule has 0 radical (unpaired) electrons. The molecule has 2 aliphatic rings. The van der Waals surface area contributed by atoms with Crippen LogP contribution in [0.1, 0.15) is 37.9 Å². The van der Waals surface area contributed by atoms with E-state index in [2.05, 4.69) is 48.9 Å². The summed E-state index contributed by atoms with van der Waals surface area (Å²) in [6.07, 6.45) is 8.15. The molecule has 11 heteroatoms. The van der Waals surface area contributed by atoms with Gasteiger partial charge in [0.15, 0.2) is 5.82 Å². The van der Waals surface area contributed by atoms with E-state index in [0.29, 0.717) is 44.0 Å². The van der Waals surface area contributed by atoms with Crippen molar-refractivity contribution in [2.45, 2.75) is 45.7 Å².